The van der Waals surface area contributed by atoms with Gasteiger partial charge >= 0.3 is 0 Å². The quantitative estimate of drug-likeness (QED) is 0.770. The summed E-state index contributed by atoms with van der Waals surface area (Å²) in [5.74, 6) is 0.895. The van der Waals surface area contributed by atoms with Crippen molar-refractivity contribution in [3.63, 3.8) is 0 Å². The van der Waals surface area contributed by atoms with Crippen LogP contribution in [-0.4, -0.2) is 6.04 Å². The number of benzene rings is 1. The fourth-order valence-electron chi connectivity index (χ4n) is 4.36. The van der Waals surface area contributed by atoms with E-state index in [2.05, 4.69) is 67.1 Å². The molecular formula is C17H24BrN. The summed E-state index contributed by atoms with van der Waals surface area (Å²) in [7, 11) is 0. The van der Waals surface area contributed by atoms with E-state index in [1.165, 1.54) is 35.0 Å². The fourth-order valence-corrected chi connectivity index (χ4v) is 4.60. The number of aryl methyl sites for hydroxylation is 1. The molecule has 2 aliphatic rings. The second kappa shape index (κ2) is 4.25. The van der Waals surface area contributed by atoms with Crippen LogP contribution in [0.4, 0.5) is 5.69 Å². The number of anilines is 1. The van der Waals surface area contributed by atoms with Crippen molar-refractivity contribution in [2.75, 3.05) is 5.32 Å². The molecule has 0 radical (unpaired) electrons. The van der Waals surface area contributed by atoms with E-state index in [-0.39, 0.29) is 0 Å². The van der Waals surface area contributed by atoms with Gasteiger partial charge in [0.2, 0.25) is 0 Å². The van der Waals surface area contributed by atoms with Gasteiger partial charge in [-0.15, -0.1) is 0 Å². The predicted molar refractivity (Wildman–Crippen MR) is 85.5 cm³/mol. The molecule has 0 amide bonds. The molecule has 1 aromatic carbocycles. The lowest BCUT2D eigenvalue weighted by Gasteiger charge is -2.40. The summed E-state index contributed by atoms with van der Waals surface area (Å²) in [4.78, 5) is 0. The van der Waals surface area contributed by atoms with Crippen molar-refractivity contribution in [2.45, 2.75) is 53.0 Å². The Morgan fingerprint density at radius 1 is 1.26 bits per heavy atom. The molecule has 0 heterocycles. The molecule has 2 bridgehead atoms. The van der Waals surface area contributed by atoms with Crippen LogP contribution in [-0.2, 0) is 0 Å². The molecule has 3 atom stereocenters. The standard InChI is InChI=1S/C17H24BrN/c1-11-9-13(5-6-14(11)18)19-15-10-12-7-8-17(15,4)16(12,2)3/h5-6,9,12,15,19H,7-8,10H2,1-4H3. The van der Waals surface area contributed by atoms with E-state index in [0.29, 0.717) is 16.9 Å². The molecule has 3 unspecified atom stereocenters. The number of nitrogens with one attached hydrogen (secondary N) is 1. The Hall–Kier alpha value is -0.500. The maximum atomic E-state index is 3.82. The molecule has 2 aliphatic carbocycles. The zero-order chi connectivity index (χ0) is 13.8. The monoisotopic (exact) mass is 321 g/mol. The van der Waals surface area contributed by atoms with E-state index in [0.717, 1.165) is 5.92 Å². The van der Waals surface area contributed by atoms with Crippen LogP contribution in [0.25, 0.3) is 0 Å². The molecule has 2 saturated carbocycles. The van der Waals surface area contributed by atoms with Gasteiger partial charge in [0.05, 0.1) is 0 Å². The lowest BCUT2D eigenvalue weighted by molar-refractivity contribution is 0.142. The molecule has 1 aromatic rings. The highest BCUT2D eigenvalue weighted by Gasteiger charge is 2.61. The smallest absolute Gasteiger partial charge is 0.0345 e. The Morgan fingerprint density at radius 3 is 2.53 bits per heavy atom. The van der Waals surface area contributed by atoms with Crippen molar-refractivity contribution >= 4 is 21.6 Å². The highest BCUT2D eigenvalue weighted by molar-refractivity contribution is 9.10. The summed E-state index contributed by atoms with van der Waals surface area (Å²) in [6.45, 7) is 9.59. The molecule has 0 spiro atoms. The Bertz CT molecular complexity index is 508. The third-order valence-corrected chi connectivity index (χ3v) is 7.18. The first-order valence-electron chi connectivity index (χ1n) is 7.37. The van der Waals surface area contributed by atoms with Gasteiger partial charge in [-0.1, -0.05) is 36.7 Å². The Morgan fingerprint density at radius 2 is 2.00 bits per heavy atom. The zero-order valence-electron chi connectivity index (χ0n) is 12.4. The molecule has 1 N–H and O–H groups in total. The maximum Gasteiger partial charge on any atom is 0.0345 e. The summed E-state index contributed by atoms with van der Waals surface area (Å²) < 4.78 is 1.19. The largest absolute Gasteiger partial charge is 0.382 e. The van der Waals surface area contributed by atoms with Crippen LogP contribution in [0.2, 0.25) is 0 Å². The van der Waals surface area contributed by atoms with Gasteiger partial charge in [-0.25, -0.2) is 0 Å². The van der Waals surface area contributed by atoms with E-state index < -0.39 is 0 Å². The van der Waals surface area contributed by atoms with Gasteiger partial charge in [0.25, 0.3) is 0 Å². The molecular weight excluding hydrogens is 298 g/mol. The molecule has 0 aliphatic heterocycles. The van der Waals surface area contributed by atoms with Crippen molar-refractivity contribution in [1.29, 1.82) is 0 Å². The molecule has 2 heteroatoms. The molecule has 0 aromatic heterocycles. The normalized spacial score (nSPS) is 35.6. The number of fused-ring (bicyclic) bond motifs is 2. The third-order valence-electron chi connectivity index (χ3n) is 6.29. The van der Waals surface area contributed by atoms with Crippen LogP contribution in [0.1, 0.15) is 45.6 Å². The lowest BCUT2D eigenvalue weighted by Crippen LogP contribution is -2.40. The Kier molecular flexibility index (Phi) is 3.01. The van der Waals surface area contributed by atoms with E-state index >= 15 is 0 Å². The molecule has 3 rings (SSSR count). The highest BCUT2D eigenvalue weighted by Crippen LogP contribution is 2.65. The topological polar surface area (TPSA) is 12.0 Å². The number of halogens is 1. The summed E-state index contributed by atoms with van der Waals surface area (Å²) >= 11 is 3.58. The average Bonchev–Trinajstić information content (AvgIpc) is 2.67. The van der Waals surface area contributed by atoms with Crippen molar-refractivity contribution < 1.29 is 0 Å². The van der Waals surface area contributed by atoms with Crippen molar-refractivity contribution in [1.82, 2.24) is 0 Å². The lowest BCUT2D eigenvalue weighted by atomic mass is 9.69. The van der Waals surface area contributed by atoms with Gasteiger partial charge in [-0.3, -0.25) is 0 Å². The third kappa shape index (κ3) is 1.86. The van der Waals surface area contributed by atoms with Crippen LogP contribution >= 0.6 is 15.9 Å². The van der Waals surface area contributed by atoms with E-state index in [1.807, 2.05) is 0 Å². The van der Waals surface area contributed by atoms with Crippen molar-refractivity contribution in [2.24, 2.45) is 16.7 Å². The van der Waals surface area contributed by atoms with Crippen molar-refractivity contribution in [3.8, 4) is 0 Å². The average molecular weight is 322 g/mol. The zero-order valence-corrected chi connectivity index (χ0v) is 14.0. The molecule has 2 fully saturated rings. The SMILES string of the molecule is Cc1cc(NC2CC3CCC2(C)C3(C)C)ccc1Br. The van der Waals surface area contributed by atoms with E-state index in [4.69, 9.17) is 0 Å². The highest BCUT2D eigenvalue weighted by atomic mass is 79.9. The first-order chi connectivity index (χ1) is 8.84. The van der Waals surface area contributed by atoms with E-state index in [9.17, 15) is 0 Å². The molecule has 104 valence electrons. The van der Waals surface area contributed by atoms with Gasteiger partial charge in [0, 0.05) is 16.2 Å². The minimum Gasteiger partial charge on any atom is -0.382 e. The van der Waals surface area contributed by atoms with Crippen LogP contribution in [0, 0.1) is 23.7 Å². The Balaban J connectivity index is 1.84. The maximum absolute atomic E-state index is 3.82. The summed E-state index contributed by atoms with van der Waals surface area (Å²) in [5.41, 5.74) is 3.50. The predicted octanol–water partition coefficient (Wildman–Crippen LogP) is 5.38. The van der Waals surface area contributed by atoms with Gasteiger partial charge in [-0.05, 0) is 66.7 Å². The summed E-state index contributed by atoms with van der Waals surface area (Å²) in [6, 6.07) is 7.23. The molecule has 0 saturated heterocycles. The second-order valence-electron chi connectivity index (χ2n) is 7.27. The number of hydrogen-bond donors (Lipinski definition) is 1. The van der Waals surface area contributed by atoms with Crippen LogP contribution in [0.15, 0.2) is 22.7 Å². The molecule has 1 nitrogen and oxygen atoms in total. The van der Waals surface area contributed by atoms with Crippen LogP contribution in [0.3, 0.4) is 0 Å². The second-order valence-corrected chi connectivity index (χ2v) is 8.13. The van der Waals surface area contributed by atoms with Crippen LogP contribution in [0.5, 0.6) is 0 Å². The van der Waals surface area contributed by atoms with Crippen molar-refractivity contribution in [3.05, 3.63) is 28.2 Å². The summed E-state index contributed by atoms with van der Waals surface area (Å²) in [6.07, 6.45) is 4.12. The van der Waals surface area contributed by atoms with E-state index in [1.54, 1.807) is 0 Å². The van der Waals surface area contributed by atoms with Gasteiger partial charge < -0.3 is 5.32 Å². The van der Waals surface area contributed by atoms with Gasteiger partial charge in [-0.2, -0.15) is 0 Å². The first-order valence-corrected chi connectivity index (χ1v) is 8.16. The number of hydrogen-bond acceptors (Lipinski definition) is 1. The molecule has 19 heavy (non-hydrogen) atoms. The van der Waals surface area contributed by atoms with Crippen LogP contribution < -0.4 is 5.32 Å². The minimum atomic E-state index is 0.443. The van der Waals surface area contributed by atoms with Gasteiger partial charge in [0.15, 0.2) is 0 Å². The Labute approximate surface area is 125 Å². The summed E-state index contributed by atoms with van der Waals surface area (Å²) in [5, 5.41) is 3.82. The first kappa shape index (κ1) is 13.5. The number of rotatable bonds is 2. The fraction of sp³-hybridized carbons (Fsp3) is 0.647. The minimum absolute atomic E-state index is 0.443. The van der Waals surface area contributed by atoms with Gasteiger partial charge in [0.1, 0.15) is 0 Å².